The Hall–Kier alpha value is -1.82. The Labute approximate surface area is 214 Å². The van der Waals surface area contributed by atoms with E-state index in [1.54, 1.807) is 0 Å². The van der Waals surface area contributed by atoms with Crippen LogP contribution in [0.25, 0.3) is 5.57 Å². The normalized spacial score (nSPS) is 15.6. The number of hydrogen-bond donors (Lipinski definition) is 0. The van der Waals surface area contributed by atoms with Gasteiger partial charge in [-0.05, 0) is 85.5 Å². The molecule has 0 aliphatic heterocycles. The molecule has 1 fully saturated rings. The van der Waals surface area contributed by atoms with Crippen LogP contribution >= 0.6 is 0 Å². The fourth-order valence-electron chi connectivity index (χ4n) is 4.50. The van der Waals surface area contributed by atoms with E-state index >= 15 is 0 Å². The lowest BCUT2D eigenvalue weighted by Crippen LogP contribution is -2.13. The van der Waals surface area contributed by atoms with Crippen LogP contribution in [0.5, 0.6) is 0 Å². The smallest absolute Gasteiger partial charge is 0.0131 e. The molecule has 1 aromatic carbocycles. The van der Waals surface area contributed by atoms with Crippen molar-refractivity contribution < 1.29 is 0 Å². The molecule has 2 rings (SSSR count). The molecule has 1 unspecified atom stereocenters. The predicted molar refractivity (Wildman–Crippen MR) is 158 cm³/mol. The van der Waals surface area contributed by atoms with E-state index < -0.39 is 0 Å². The average molecular weight is 465 g/mol. The van der Waals surface area contributed by atoms with Crippen molar-refractivity contribution in [1.29, 1.82) is 0 Å². The van der Waals surface area contributed by atoms with Gasteiger partial charge in [-0.3, -0.25) is 0 Å². The summed E-state index contributed by atoms with van der Waals surface area (Å²) in [5.74, 6) is 1.36. The Bertz CT molecular complexity index is 759. The molecule has 0 saturated heterocycles. The van der Waals surface area contributed by atoms with Crippen LogP contribution in [0.2, 0.25) is 0 Å². The molecule has 0 heterocycles. The molecule has 0 bridgehead atoms. The molecule has 0 heteroatoms. The first-order valence-electron chi connectivity index (χ1n) is 13.9. The summed E-state index contributed by atoms with van der Waals surface area (Å²) in [4.78, 5) is 0. The zero-order chi connectivity index (χ0) is 26.1. The third kappa shape index (κ3) is 11.5. The molecule has 0 N–H and O–H groups in total. The lowest BCUT2D eigenvalue weighted by atomic mass is 9.79. The topological polar surface area (TPSA) is 0 Å². The maximum atomic E-state index is 4.31. The second-order valence-corrected chi connectivity index (χ2v) is 10.5. The van der Waals surface area contributed by atoms with E-state index in [0.29, 0.717) is 5.92 Å². The van der Waals surface area contributed by atoms with Gasteiger partial charge in [-0.1, -0.05) is 129 Å². The molecule has 1 saturated carbocycles. The van der Waals surface area contributed by atoms with Crippen molar-refractivity contribution in [2.75, 3.05) is 0 Å². The number of rotatable bonds is 8. The van der Waals surface area contributed by atoms with E-state index in [9.17, 15) is 0 Å². The predicted octanol–water partition coefficient (Wildman–Crippen LogP) is 11.5. The van der Waals surface area contributed by atoms with Gasteiger partial charge >= 0.3 is 0 Å². The third-order valence-electron chi connectivity index (χ3n) is 6.91. The first-order chi connectivity index (χ1) is 16.1. The fraction of sp³-hybridized carbons (Fsp3) is 0.588. The van der Waals surface area contributed by atoms with Crippen LogP contribution in [0.15, 0.2) is 66.8 Å². The Morgan fingerprint density at radius 2 is 1.62 bits per heavy atom. The van der Waals surface area contributed by atoms with Gasteiger partial charge in [0.25, 0.3) is 0 Å². The van der Waals surface area contributed by atoms with E-state index in [-0.39, 0.29) is 5.41 Å². The molecule has 0 aromatic heterocycles. The van der Waals surface area contributed by atoms with Crippen molar-refractivity contribution in [2.45, 2.75) is 114 Å². The van der Waals surface area contributed by atoms with Crippen LogP contribution in [0.1, 0.15) is 118 Å². The highest BCUT2D eigenvalue weighted by Gasteiger charge is 2.20. The van der Waals surface area contributed by atoms with E-state index in [4.69, 9.17) is 0 Å². The summed E-state index contributed by atoms with van der Waals surface area (Å²) in [5.41, 5.74) is 7.17. The third-order valence-corrected chi connectivity index (χ3v) is 6.91. The second kappa shape index (κ2) is 17.6. The van der Waals surface area contributed by atoms with Crippen LogP contribution in [0.4, 0.5) is 0 Å². The summed E-state index contributed by atoms with van der Waals surface area (Å²) in [6.07, 6.45) is 17.0. The molecule has 1 atom stereocenters. The molecule has 1 aliphatic carbocycles. The second-order valence-electron chi connectivity index (χ2n) is 10.5. The van der Waals surface area contributed by atoms with Crippen molar-refractivity contribution in [1.82, 2.24) is 0 Å². The average Bonchev–Trinajstić information content (AvgIpc) is 2.84. The zero-order valence-electron chi connectivity index (χ0n) is 24.3. The summed E-state index contributed by atoms with van der Waals surface area (Å²) in [6.45, 7) is 28.1. The zero-order valence-corrected chi connectivity index (χ0v) is 24.3. The van der Waals surface area contributed by atoms with E-state index in [0.717, 1.165) is 18.8 Å². The van der Waals surface area contributed by atoms with E-state index in [1.807, 2.05) is 13.8 Å². The Kier molecular flexibility index (Phi) is 16.6. The minimum atomic E-state index is 0.223. The summed E-state index contributed by atoms with van der Waals surface area (Å²) in [7, 11) is 0. The largest absolute Gasteiger partial charge is 0.0993 e. The molecule has 0 amide bonds. The van der Waals surface area contributed by atoms with Gasteiger partial charge in [-0.25, -0.2) is 0 Å². The molecular weight excluding hydrogens is 408 g/mol. The Balaban J connectivity index is 0.000000599. The van der Waals surface area contributed by atoms with Gasteiger partial charge in [0, 0.05) is 0 Å². The van der Waals surface area contributed by atoms with Crippen molar-refractivity contribution in [3.8, 4) is 0 Å². The molecule has 0 spiro atoms. The van der Waals surface area contributed by atoms with Gasteiger partial charge in [0.2, 0.25) is 0 Å². The Morgan fingerprint density at radius 3 is 2.09 bits per heavy atom. The quantitative estimate of drug-likeness (QED) is 0.265. The molecular formula is C34H56. The van der Waals surface area contributed by atoms with Gasteiger partial charge in [0.1, 0.15) is 0 Å². The molecule has 1 aliphatic rings. The minimum Gasteiger partial charge on any atom is -0.0993 e. The van der Waals surface area contributed by atoms with Crippen molar-refractivity contribution in [3.63, 3.8) is 0 Å². The summed E-state index contributed by atoms with van der Waals surface area (Å²) in [5, 5.41) is 0. The van der Waals surface area contributed by atoms with Crippen LogP contribution in [-0.4, -0.2) is 0 Å². The SMILES string of the molecule is C=C(CC(CC)C(/C=C\C)=C/CC)C(C)(C)C.C=C(c1ccccc1C)C1CCCCC1.CC. The maximum Gasteiger partial charge on any atom is -0.0131 e. The molecule has 0 nitrogen and oxygen atoms in total. The van der Waals surface area contributed by atoms with Crippen LogP contribution in [0.3, 0.4) is 0 Å². The fourth-order valence-corrected chi connectivity index (χ4v) is 4.50. The van der Waals surface area contributed by atoms with Gasteiger partial charge < -0.3 is 0 Å². The van der Waals surface area contributed by atoms with Crippen molar-refractivity contribution in [2.24, 2.45) is 17.3 Å². The highest BCUT2D eigenvalue weighted by atomic mass is 14.2. The number of allylic oxidation sites excluding steroid dienone is 6. The van der Waals surface area contributed by atoms with Crippen LogP contribution in [0, 0.1) is 24.2 Å². The monoisotopic (exact) mass is 464 g/mol. The number of benzene rings is 1. The van der Waals surface area contributed by atoms with Gasteiger partial charge in [0.15, 0.2) is 0 Å². The minimum absolute atomic E-state index is 0.223. The van der Waals surface area contributed by atoms with Gasteiger partial charge in [-0.15, -0.1) is 0 Å². The van der Waals surface area contributed by atoms with Crippen molar-refractivity contribution >= 4 is 5.57 Å². The van der Waals surface area contributed by atoms with Crippen LogP contribution in [-0.2, 0) is 0 Å². The first kappa shape index (κ1) is 32.2. The number of aryl methyl sites for hydroxylation is 1. The van der Waals surface area contributed by atoms with Crippen molar-refractivity contribution in [3.05, 3.63) is 77.9 Å². The molecule has 34 heavy (non-hydrogen) atoms. The molecule has 0 radical (unpaired) electrons. The standard InChI is InChI=1S/C17H30.C15H20.C2H6/c1-8-11-16(12-9-2)15(10-3)13-14(4)17(5,6)7;1-12-8-6-7-11-15(12)13(2)14-9-4-3-5-10-14;1-2/h8,11-12,15H,4,9-10,13H2,1-3,5-7H3;6-8,11,14H,2-5,9-10H2,1H3;1-2H3/b11-8-,16-12+;;. The Morgan fingerprint density at radius 1 is 1.03 bits per heavy atom. The summed E-state index contributed by atoms with van der Waals surface area (Å²) >= 11 is 0. The van der Waals surface area contributed by atoms with Crippen LogP contribution < -0.4 is 0 Å². The van der Waals surface area contributed by atoms with Gasteiger partial charge in [0.05, 0.1) is 0 Å². The highest BCUT2D eigenvalue weighted by molar-refractivity contribution is 5.67. The lowest BCUT2D eigenvalue weighted by Gasteiger charge is -2.26. The highest BCUT2D eigenvalue weighted by Crippen LogP contribution is 2.35. The van der Waals surface area contributed by atoms with E-state index in [1.165, 1.54) is 66.4 Å². The first-order valence-corrected chi connectivity index (χ1v) is 13.9. The maximum absolute atomic E-state index is 4.31. The van der Waals surface area contributed by atoms with E-state index in [2.05, 4.69) is 104 Å². The van der Waals surface area contributed by atoms with Gasteiger partial charge in [-0.2, -0.15) is 0 Å². The lowest BCUT2D eigenvalue weighted by molar-refractivity contribution is 0.430. The molecule has 192 valence electrons. The molecule has 1 aromatic rings. The number of hydrogen-bond acceptors (Lipinski definition) is 0. The summed E-state index contributed by atoms with van der Waals surface area (Å²) < 4.78 is 0. The summed E-state index contributed by atoms with van der Waals surface area (Å²) in [6, 6.07) is 8.62.